The van der Waals surface area contributed by atoms with Crippen LogP contribution < -0.4 is 5.73 Å². The standard InChI is InChI=1S/C16H16N4/c1-10(17)14-9-19-16(20-11(14)2)15-13-6-4-3-5-12(13)7-8-18-15/h3-10H,17H2,1-2H3/t10-/m0/s1. The molecule has 0 spiro atoms. The summed E-state index contributed by atoms with van der Waals surface area (Å²) in [6.07, 6.45) is 3.58. The third kappa shape index (κ3) is 2.14. The van der Waals surface area contributed by atoms with Gasteiger partial charge in [0.05, 0.1) is 0 Å². The van der Waals surface area contributed by atoms with Crippen molar-refractivity contribution < 1.29 is 0 Å². The maximum atomic E-state index is 5.90. The molecule has 0 fully saturated rings. The van der Waals surface area contributed by atoms with E-state index in [1.54, 1.807) is 12.4 Å². The highest BCUT2D eigenvalue weighted by Gasteiger charge is 2.11. The first-order valence-corrected chi connectivity index (χ1v) is 6.60. The largest absolute Gasteiger partial charge is 0.324 e. The molecule has 0 amide bonds. The number of pyridine rings is 1. The lowest BCUT2D eigenvalue weighted by Crippen LogP contribution is -2.09. The molecule has 0 saturated carbocycles. The average molecular weight is 264 g/mol. The second kappa shape index (κ2) is 4.98. The van der Waals surface area contributed by atoms with Gasteiger partial charge in [-0.25, -0.2) is 9.97 Å². The molecular weight excluding hydrogens is 248 g/mol. The molecule has 2 aromatic heterocycles. The molecule has 0 unspecified atom stereocenters. The highest BCUT2D eigenvalue weighted by molar-refractivity contribution is 5.92. The van der Waals surface area contributed by atoms with Crippen LogP contribution in [0, 0.1) is 6.92 Å². The van der Waals surface area contributed by atoms with E-state index in [1.165, 1.54) is 0 Å². The number of hydrogen-bond acceptors (Lipinski definition) is 4. The monoisotopic (exact) mass is 264 g/mol. The van der Waals surface area contributed by atoms with Crippen LogP contribution in [0.15, 0.2) is 42.7 Å². The molecule has 4 heteroatoms. The van der Waals surface area contributed by atoms with Gasteiger partial charge in [-0.3, -0.25) is 4.98 Å². The zero-order valence-electron chi connectivity index (χ0n) is 11.5. The minimum Gasteiger partial charge on any atom is -0.324 e. The predicted octanol–water partition coefficient (Wildman–Crippen LogP) is 3.02. The molecule has 1 aromatic carbocycles. The van der Waals surface area contributed by atoms with Gasteiger partial charge in [-0.15, -0.1) is 0 Å². The molecule has 1 atom stereocenters. The van der Waals surface area contributed by atoms with Gasteiger partial charge < -0.3 is 5.73 Å². The molecule has 100 valence electrons. The summed E-state index contributed by atoms with van der Waals surface area (Å²) in [5, 5.41) is 2.19. The molecule has 0 radical (unpaired) electrons. The van der Waals surface area contributed by atoms with Crippen molar-refractivity contribution >= 4 is 10.8 Å². The summed E-state index contributed by atoms with van der Waals surface area (Å²) in [6, 6.07) is 10.0. The zero-order valence-corrected chi connectivity index (χ0v) is 11.5. The average Bonchev–Trinajstić information content (AvgIpc) is 2.46. The van der Waals surface area contributed by atoms with Crippen LogP contribution in [-0.2, 0) is 0 Å². The third-order valence-corrected chi connectivity index (χ3v) is 3.39. The number of rotatable bonds is 2. The van der Waals surface area contributed by atoms with Crippen molar-refractivity contribution in [3.63, 3.8) is 0 Å². The summed E-state index contributed by atoms with van der Waals surface area (Å²) in [7, 11) is 0. The van der Waals surface area contributed by atoms with Crippen LogP contribution >= 0.6 is 0 Å². The Bertz CT molecular complexity index is 760. The van der Waals surface area contributed by atoms with Gasteiger partial charge in [-0.05, 0) is 25.3 Å². The van der Waals surface area contributed by atoms with E-state index in [0.29, 0.717) is 5.82 Å². The van der Waals surface area contributed by atoms with E-state index in [1.807, 2.05) is 38.1 Å². The Morgan fingerprint density at radius 3 is 2.65 bits per heavy atom. The summed E-state index contributed by atoms with van der Waals surface area (Å²) >= 11 is 0. The van der Waals surface area contributed by atoms with Crippen molar-refractivity contribution in [2.45, 2.75) is 19.9 Å². The van der Waals surface area contributed by atoms with Crippen LogP contribution in [0.25, 0.3) is 22.3 Å². The van der Waals surface area contributed by atoms with Crippen molar-refractivity contribution in [2.75, 3.05) is 0 Å². The smallest absolute Gasteiger partial charge is 0.179 e. The van der Waals surface area contributed by atoms with Crippen molar-refractivity contribution in [2.24, 2.45) is 5.73 Å². The molecule has 2 N–H and O–H groups in total. The number of nitrogens with two attached hydrogens (primary N) is 1. The minimum absolute atomic E-state index is 0.0653. The Morgan fingerprint density at radius 1 is 1.10 bits per heavy atom. The summed E-state index contributed by atoms with van der Waals surface area (Å²) in [4.78, 5) is 13.4. The lowest BCUT2D eigenvalue weighted by molar-refractivity contribution is 0.790. The molecule has 4 nitrogen and oxygen atoms in total. The molecule has 3 aromatic rings. The van der Waals surface area contributed by atoms with E-state index in [0.717, 1.165) is 27.7 Å². The number of aromatic nitrogens is 3. The van der Waals surface area contributed by atoms with Gasteiger partial charge >= 0.3 is 0 Å². The fourth-order valence-electron chi connectivity index (χ4n) is 2.34. The highest BCUT2D eigenvalue weighted by Crippen LogP contribution is 2.24. The second-order valence-electron chi connectivity index (χ2n) is 4.90. The van der Waals surface area contributed by atoms with Crippen LogP contribution in [-0.4, -0.2) is 15.0 Å². The molecule has 0 saturated heterocycles. The Kier molecular flexibility index (Phi) is 3.16. The molecular formula is C16H16N4. The Hall–Kier alpha value is -2.33. The predicted molar refractivity (Wildman–Crippen MR) is 80.1 cm³/mol. The highest BCUT2D eigenvalue weighted by atomic mass is 14.9. The van der Waals surface area contributed by atoms with Gasteiger partial charge in [-0.2, -0.15) is 0 Å². The third-order valence-electron chi connectivity index (χ3n) is 3.39. The minimum atomic E-state index is -0.0653. The number of nitrogens with zero attached hydrogens (tertiary/aromatic N) is 3. The SMILES string of the molecule is Cc1nc(-c2nccc3ccccc23)ncc1[C@H](C)N. The van der Waals surface area contributed by atoms with Gasteiger partial charge in [0, 0.05) is 35.1 Å². The normalized spacial score (nSPS) is 12.6. The van der Waals surface area contributed by atoms with Gasteiger partial charge in [0.25, 0.3) is 0 Å². The van der Waals surface area contributed by atoms with Crippen LogP contribution in [0.1, 0.15) is 24.2 Å². The Balaban J connectivity index is 2.19. The zero-order chi connectivity index (χ0) is 14.1. The first-order chi connectivity index (χ1) is 9.66. The van der Waals surface area contributed by atoms with Crippen LogP contribution in [0.2, 0.25) is 0 Å². The number of hydrogen-bond donors (Lipinski definition) is 1. The molecule has 2 heterocycles. The van der Waals surface area contributed by atoms with E-state index in [4.69, 9.17) is 5.73 Å². The lowest BCUT2D eigenvalue weighted by Gasteiger charge is -2.10. The molecule has 0 aliphatic rings. The van der Waals surface area contributed by atoms with Crippen LogP contribution in [0.3, 0.4) is 0 Å². The van der Waals surface area contributed by atoms with E-state index in [9.17, 15) is 0 Å². The van der Waals surface area contributed by atoms with Gasteiger partial charge in [0.2, 0.25) is 0 Å². The van der Waals surface area contributed by atoms with Crippen LogP contribution in [0.5, 0.6) is 0 Å². The first-order valence-electron chi connectivity index (χ1n) is 6.60. The molecule has 3 rings (SSSR count). The lowest BCUT2D eigenvalue weighted by atomic mass is 10.1. The first kappa shape index (κ1) is 12.7. The summed E-state index contributed by atoms with van der Waals surface area (Å²) in [5.74, 6) is 0.642. The van der Waals surface area contributed by atoms with E-state index in [2.05, 4.69) is 21.0 Å². The molecule has 0 aliphatic carbocycles. The van der Waals surface area contributed by atoms with Crippen molar-refractivity contribution in [1.29, 1.82) is 0 Å². The van der Waals surface area contributed by atoms with Gasteiger partial charge in [0.15, 0.2) is 5.82 Å². The van der Waals surface area contributed by atoms with E-state index >= 15 is 0 Å². The van der Waals surface area contributed by atoms with E-state index in [-0.39, 0.29) is 6.04 Å². The second-order valence-corrected chi connectivity index (χ2v) is 4.90. The maximum absolute atomic E-state index is 5.90. The number of benzene rings is 1. The molecule has 0 aliphatic heterocycles. The topological polar surface area (TPSA) is 64.7 Å². The summed E-state index contributed by atoms with van der Waals surface area (Å²) < 4.78 is 0. The maximum Gasteiger partial charge on any atom is 0.179 e. The summed E-state index contributed by atoms with van der Waals surface area (Å²) in [5.41, 5.74) is 8.58. The molecule has 0 bridgehead atoms. The van der Waals surface area contributed by atoms with Crippen LogP contribution in [0.4, 0.5) is 0 Å². The van der Waals surface area contributed by atoms with E-state index < -0.39 is 0 Å². The number of fused-ring (bicyclic) bond motifs is 1. The Morgan fingerprint density at radius 2 is 1.90 bits per heavy atom. The van der Waals surface area contributed by atoms with Crippen molar-refractivity contribution in [3.05, 3.63) is 54.0 Å². The quantitative estimate of drug-likeness (QED) is 0.772. The fraction of sp³-hybridized carbons (Fsp3) is 0.188. The van der Waals surface area contributed by atoms with Gasteiger partial charge in [0.1, 0.15) is 5.69 Å². The molecule has 20 heavy (non-hydrogen) atoms. The van der Waals surface area contributed by atoms with Crippen molar-refractivity contribution in [1.82, 2.24) is 15.0 Å². The Labute approximate surface area is 117 Å². The van der Waals surface area contributed by atoms with Crippen molar-refractivity contribution in [3.8, 4) is 11.5 Å². The van der Waals surface area contributed by atoms with Gasteiger partial charge in [-0.1, -0.05) is 24.3 Å². The summed E-state index contributed by atoms with van der Waals surface area (Å²) in [6.45, 7) is 3.89. The number of aryl methyl sites for hydroxylation is 1. The fourth-order valence-corrected chi connectivity index (χ4v) is 2.34.